The molecule has 2 aliphatic rings. The van der Waals surface area contributed by atoms with Gasteiger partial charge in [-0.05, 0) is 37.4 Å². The molecule has 3 heterocycles. The standard InChI is InChI=1S/C18H26BrN3O2Si/c1-25(2,3)11-10-24-13-22-9-7-18(17(22)23)6-4-15(21-18)16-12-14(19)5-8-20-16/h5,8,12H,4,6-7,9-11,13H2,1-3H3/t18-/m0/s1. The summed E-state index contributed by atoms with van der Waals surface area (Å²) in [6.45, 7) is 8.85. The minimum absolute atomic E-state index is 0.116. The smallest absolute Gasteiger partial charge is 0.252 e. The van der Waals surface area contributed by atoms with Crippen LogP contribution in [0.15, 0.2) is 27.8 Å². The lowest BCUT2D eigenvalue weighted by Crippen LogP contribution is -2.38. The average Bonchev–Trinajstić information content (AvgIpc) is 3.10. The zero-order valence-electron chi connectivity index (χ0n) is 15.2. The van der Waals surface area contributed by atoms with Crippen LogP contribution in [0.3, 0.4) is 0 Å². The molecule has 3 rings (SSSR count). The van der Waals surface area contributed by atoms with E-state index in [9.17, 15) is 4.79 Å². The van der Waals surface area contributed by atoms with Gasteiger partial charge in [0.15, 0.2) is 0 Å². The van der Waals surface area contributed by atoms with E-state index in [2.05, 4.69) is 40.6 Å². The summed E-state index contributed by atoms with van der Waals surface area (Å²) in [7, 11) is -1.10. The van der Waals surface area contributed by atoms with Crippen molar-refractivity contribution in [3.8, 4) is 0 Å². The van der Waals surface area contributed by atoms with E-state index in [1.807, 2.05) is 17.0 Å². The molecule has 0 radical (unpaired) electrons. The molecule has 0 unspecified atom stereocenters. The first kappa shape index (κ1) is 18.7. The molecule has 1 aromatic heterocycles. The Labute approximate surface area is 159 Å². The minimum Gasteiger partial charge on any atom is -0.361 e. The van der Waals surface area contributed by atoms with E-state index in [1.165, 1.54) is 0 Å². The number of aliphatic imine (C=N–C) groups is 1. The SMILES string of the molecule is C[Si](C)(C)CCOCN1CC[C@@]2(CCC(c3cc(Br)ccn3)=N2)C1=O. The first-order valence-electron chi connectivity index (χ1n) is 8.87. The second-order valence-corrected chi connectivity index (χ2v) is 14.7. The van der Waals surface area contributed by atoms with Gasteiger partial charge in [0.05, 0.1) is 11.4 Å². The van der Waals surface area contributed by atoms with Crippen LogP contribution in [0.5, 0.6) is 0 Å². The second-order valence-electron chi connectivity index (χ2n) is 8.12. The quantitative estimate of drug-likeness (QED) is 0.517. The van der Waals surface area contributed by atoms with Crippen molar-refractivity contribution in [2.75, 3.05) is 19.9 Å². The van der Waals surface area contributed by atoms with Crippen LogP contribution in [0.2, 0.25) is 25.7 Å². The maximum atomic E-state index is 12.9. The predicted octanol–water partition coefficient (Wildman–Crippen LogP) is 3.71. The van der Waals surface area contributed by atoms with Gasteiger partial charge < -0.3 is 9.64 Å². The van der Waals surface area contributed by atoms with E-state index in [0.717, 1.165) is 54.3 Å². The highest BCUT2D eigenvalue weighted by Crippen LogP contribution is 2.37. The molecule has 1 spiro atoms. The fourth-order valence-electron chi connectivity index (χ4n) is 3.28. The van der Waals surface area contributed by atoms with Crippen molar-refractivity contribution in [3.63, 3.8) is 0 Å². The van der Waals surface area contributed by atoms with Crippen molar-refractivity contribution in [1.82, 2.24) is 9.88 Å². The Balaban J connectivity index is 1.61. The van der Waals surface area contributed by atoms with Crippen LogP contribution < -0.4 is 0 Å². The van der Waals surface area contributed by atoms with Gasteiger partial charge in [-0.15, -0.1) is 0 Å². The van der Waals surface area contributed by atoms with E-state index in [4.69, 9.17) is 9.73 Å². The molecule has 5 nitrogen and oxygen atoms in total. The van der Waals surface area contributed by atoms with Crippen LogP contribution >= 0.6 is 15.9 Å². The Hall–Kier alpha value is -1.05. The number of rotatable bonds is 6. The second kappa shape index (κ2) is 7.29. The van der Waals surface area contributed by atoms with E-state index < -0.39 is 13.6 Å². The number of ether oxygens (including phenoxy) is 1. The first-order valence-corrected chi connectivity index (χ1v) is 13.4. The van der Waals surface area contributed by atoms with Gasteiger partial charge in [0.25, 0.3) is 5.91 Å². The maximum Gasteiger partial charge on any atom is 0.252 e. The highest BCUT2D eigenvalue weighted by molar-refractivity contribution is 9.10. The Morgan fingerprint density at radius 3 is 2.88 bits per heavy atom. The number of halogens is 1. The van der Waals surface area contributed by atoms with Crippen molar-refractivity contribution in [2.24, 2.45) is 4.99 Å². The largest absolute Gasteiger partial charge is 0.361 e. The summed E-state index contributed by atoms with van der Waals surface area (Å²) in [6, 6.07) is 4.99. The number of hydrogen-bond acceptors (Lipinski definition) is 4. The number of carbonyl (C=O) groups is 1. The number of likely N-dealkylation sites (tertiary alicyclic amines) is 1. The summed E-state index contributed by atoms with van der Waals surface area (Å²) in [5, 5.41) is 0. The lowest BCUT2D eigenvalue weighted by Gasteiger charge is -2.21. The van der Waals surface area contributed by atoms with Gasteiger partial charge in [0.2, 0.25) is 0 Å². The normalized spacial score (nSPS) is 23.6. The zero-order chi connectivity index (χ0) is 18.1. The number of hydrogen-bond donors (Lipinski definition) is 0. The van der Waals surface area contributed by atoms with E-state index in [0.29, 0.717) is 6.73 Å². The van der Waals surface area contributed by atoms with Crippen LogP contribution in [-0.2, 0) is 9.53 Å². The molecule has 0 aliphatic carbocycles. The Morgan fingerprint density at radius 2 is 2.16 bits per heavy atom. The Kier molecular flexibility index (Phi) is 5.46. The van der Waals surface area contributed by atoms with Gasteiger partial charge >= 0.3 is 0 Å². The van der Waals surface area contributed by atoms with Crippen molar-refractivity contribution in [2.45, 2.75) is 50.5 Å². The molecule has 0 N–H and O–H groups in total. The number of pyridine rings is 1. The van der Waals surface area contributed by atoms with Gasteiger partial charge in [0.1, 0.15) is 12.3 Å². The Bertz CT molecular complexity index is 689. The fraction of sp³-hybridized carbons (Fsp3) is 0.611. The number of nitrogens with zero attached hydrogens (tertiary/aromatic N) is 3. The third-order valence-electron chi connectivity index (χ3n) is 4.87. The number of aromatic nitrogens is 1. The molecular formula is C18H26BrN3O2Si. The molecule has 1 saturated heterocycles. The van der Waals surface area contributed by atoms with Crippen LogP contribution in [0.1, 0.15) is 25.0 Å². The molecule has 1 amide bonds. The Morgan fingerprint density at radius 1 is 1.36 bits per heavy atom. The maximum absolute atomic E-state index is 12.9. The number of amides is 1. The van der Waals surface area contributed by atoms with Gasteiger partial charge in [-0.3, -0.25) is 14.8 Å². The average molecular weight is 424 g/mol. The van der Waals surface area contributed by atoms with E-state index >= 15 is 0 Å². The summed E-state index contributed by atoms with van der Waals surface area (Å²) < 4.78 is 6.75. The van der Waals surface area contributed by atoms with Crippen LogP contribution in [-0.4, -0.2) is 55.0 Å². The van der Waals surface area contributed by atoms with Gasteiger partial charge in [-0.1, -0.05) is 35.6 Å². The summed E-state index contributed by atoms with van der Waals surface area (Å²) in [6.07, 6.45) is 4.13. The van der Waals surface area contributed by atoms with Gasteiger partial charge in [-0.25, -0.2) is 0 Å². The highest BCUT2D eigenvalue weighted by atomic mass is 79.9. The third kappa shape index (κ3) is 4.38. The molecule has 0 aromatic carbocycles. The monoisotopic (exact) mass is 423 g/mol. The van der Waals surface area contributed by atoms with Crippen LogP contribution in [0.25, 0.3) is 0 Å². The van der Waals surface area contributed by atoms with Gasteiger partial charge in [-0.2, -0.15) is 0 Å². The molecule has 7 heteroatoms. The topological polar surface area (TPSA) is 54.8 Å². The zero-order valence-corrected chi connectivity index (χ0v) is 17.8. The fourth-order valence-corrected chi connectivity index (χ4v) is 4.37. The van der Waals surface area contributed by atoms with E-state index in [-0.39, 0.29) is 5.91 Å². The predicted molar refractivity (Wildman–Crippen MR) is 106 cm³/mol. The van der Waals surface area contributed by atoms with Gasteiger partial charge in [0, 0.05) is 31.9 Å². The van der Waals surface area contributed by atoms with E-state index in [1.54, 1.807) is 6.20 Å². The molecule has 1 fully saturated rings. The molecule has 2 aliphatic heterocycles. The lowest BCUT2D eigenvalue weighted by atomic mass is 9.95. The van der Waals surface area contributed by atoms with Crippen LogP contribution in [0, 0.1) is 0 Å². The molecule has 136 valence electrons. The first-order chi connectivity index (χ1) is 11.8. The summed E-state index contributed by atoms with van der Waals surface area (Å²) >= 11 is 3.47. The molecular weight excluding hydrogens is 398 g/mol. The minimum atomic E-state index is -1.10. The summed E-state index contributed by atoms with van der Waals surface area (Å²) in [5.41, 5.74) is 1.22. The summed E-state index contributed by atoms with van der Waals surface area (Å²) in [5.74, 6) is 0.116. The molecule has 0 saturated carbocycles. The van der Waals surface area contributed by atoms with Crippen molar-refractivity contribution >= 4 is 35.6 Å². The van der Waals surface area contributed by atoms with Crippen molar-refractivity contribution in [3.05, 3.63) is 28.5 Å². The lowest BCUT2D eigenvalue weighted by molar-refractivity contribution is -0.136. The van der Waals surface area contributed by atoms with Crippen molar-refractivity contribution in [1.29, 1.82) is 0 Å². The van der Waals surface area contributed by atoms with Crippen LogP contribution in [0.4, 0.5) is 0 Å². The number of carbonyl (C=O) groups excluding carboxylic acids is 1. The summed E-state index contributed by atoms with van der Waals surface area (Å²) in [4.78, 5) is 23.9. The molecule has 1 atom stereocenters. The molecule has 25 heavy (non-hydrogen) atoms. The molecule has 0 bridgehead atoms. The highest BCUT2D eigenvalue weighted by Gasteiger charge is 2.49. The van der Waals surface area contributed by atoms with Crippen molar-refractivity contribution < 1.29 is 9.53 Å². The molecule has 1 aromatic rings. The third-order valence-corrected chi connectivity index (χ3v) is 7.06.